The Morgan fingerprint density at radius 2 is 1.67 bits per heavy atom. The highest BCUT2D eigenvalue weighted by molar-refractivity contribution is 7.89. The van der Waals surface area contributed by atoms with Crippen LogP contribution in [0, 0.1) is 0 Å². The van der Waals surface area contributed by atoms with Crippen molar-refractivity contribution in [3.05, 3.63) is 36.0 Å². The van der Waals surface area contributed by atoms with Crippen LogP contribution >= 0.6 is 0 Å². The molecule has 0 spiro atoms. The maximum Gasteiger partial charge on any atom is 0.263 e. The zero-order valence-electron chi connectivity index (χ0n) is 21.6. The second kappa shape index (κ2) is 11.6. The third-order valence-corrected chi connectivity index (χ3v) is 8.68. The molecular weight excluding hydrogens is 480 g/mol. The van der Waals surface area contributed by atoms with Gasteiger partial charge in [0.15, 0.2) is 0 Å². The molecule has 1 aromatic heterocycles. The molecule has 0 radical (unpaired) electrons. The molecule has 11 heteroatoms. The van der Waals surface area contributed by atoms with Crippen molar-refractivity contribution in [2.45, 2.75) is 38.8 Å². The lowest BCUT2D eigenvalue weighted by atomic mass is 10.2. The summed E-state index contributed by atoms with van der Waals surface area (Å²) in [5, 5.41) is 4.28. The van der Waals surface area contributed by atoms with E-state index in [1.807, 2.05) is 38.1 Å². The highest BCUT2D eigenvalue weighted by Crippen LogP contribution is 2.30. The van der Waals surface area contributed by atoms with Crippen LogP contribution < -0.4 is 9.64 Å². The number of nitrogens with zero attached hydrogens (tertiary/aromatic N) is 6. The standard InChI is InChI=1S/C25H38N6O4S/c1-4-11-30-20-21(25(32)29-14-12-27(5-2)13-15-29)24(26-30)36(33,34)31-18-16-28(17-19-31)22-9-7-8-10-23(22)35-6-3/h7-10,20H,4-6,11-19H2,1-3H3. The molecule has 36 heavy (non-hydrogen) atoms. The Labute approximate surface area is 214 Å². The smallest absolute Gasteiger partial charge is 0.263 e. The lowest BCUT2D eigenvalue weighted by Crippen LogP contribution is -2.50. The second-order valence-electron chi connectivity index (χ2n) is 9.13. The number of benzene rings is 1. The lowest BCUT2D eigenvalue weighted by molar-refractivity contribution is 0.0639. The Hall–Kier alpha value is -2.63. The average molecular weight is 519 g/mol. The van der Waals surface area contributed by atoms with Gasteiger partial charge in [0.1, 0.15) is 5.75 Å². The summed E-state index contributed by atoms with van der Waals surface area (Å²) in [7, 11) is -3.93. The third-order valence-electron chi connectivity index (χ3n) is 6.85. The molecule has 2 aromatic rings. The molecule has 0 unspecified atom stereocenters. The maximum atomic E-state index is 13.8. The fraction of sp³-hybridized carbons (Fsp3) is 0.600. The number of aromatic nitrogens is 2. The molecular formula is C25H38N6O4S. The number of hydrogen-bond acceptors (Lipinski definition) is 7. The van der Waals surface area contributed by atoms with Gasteiger partial charge in [-0.05, 0) is 32.0 Å². The number of aryl methyl sites for hydroxylation is 1. The minimum absolute atomic E-state index is 0.123. The molecule has 10 nitrogen and oxygen atoms in total. The number of amides is 1. The molecule has 0 N–H and O–H groups in total. The van der Waals surface area contributed by atoms with Crippen molar-refractivity contribution < 1.29 is 17.9 Å². The minimum atomic E-state index is -3.93. The fourth-order valence-electron chi connectivity index (χ4n) is 4.81. The van der Waals surface area contributed by atoms with Gasteiger partial charge in [0.2, 0.25) is 5.03 Å². The van der Waals surface area contributed by atoms with Crippen LogP contribution in [0.15, 0.2) is 35.5 Å². The van der Waals surface area contributed by atoms with Crippen LogP contribution in [-0.4, -0.2) is 104 Å². The van der Waals surface area contributed by atoms with Gasteiger partial charge in [0, 0.05) is 65.1 Å². The molecule has 4 rings (SSSR count). The van der Waals surface area contributed by atoms with Gasteiger partial charge in [0.25, 0.3) is 15.9 Å². The van der Waals surface area contributed by atoms with Gasteiger partial charge in [0.05, 0.1) is 17.9 Å². The number of anilines is 1. The summed E-state index contributed by atoms with van der Waals surface area (Å²) in [4.78, 5) is 19.6. The first-order valence-corrected chi connectivity index (χ1v) is 14.4. The average Bonchev–Trinajstić information content (AvgIpc) is 3.34. The topological polar surface area (TPSA) is 91.2 Å². The molecule has 0 aliphatic carbocycles. The van der Waals surface area contributed by atoms with Gasteiger partial charge in [-0.1, -0.05) is 26.0 Å². The molecule has 0 bridgehead atoms. The van der Waals surface area contributed by atoms with E-state index in [4.69, 9.17) is 4.74 Å². The van der Waals surface area contributed by atoms with E-state index < -0.39 is 10.0 Å². The molecule has 3 heterocycles. The first-order valence-electron chi connectivity index (χ1n) is 12.9. The summed E-state index contributed by atoms with van der Waals surface area (Å²) in [6.45, 7) is 12.5. The number of piperazine rings is 2. The predicted molar refractivity (Wildman–Crippen MR) is 139 cm³/mol. The van der Waals surface area contributed by atoms with Gasteiger partial charge in [-0.15, -0.1) is 0 Å². The van der Waals surface area contributed by atoms with Gasteiger partial charge in [-0.2, -0.15) is 9.40 Å². The number of rotatable bonds is 9. The predicted octanol–water partition coefficient (Wildman–Crippen LogP) is 1.98. The summed E-state index contributed by atoms with van der Waals surface area (Å²) in [5.41, 5.74) is 1.14. The van der Waals surface area contributed by atoms with Crippen molar-refractivity contribution in [1.29, 1.82) is 0 Å². The van der Waals surface area contributed by atoms with Crippen LogP contribution in [-0.2, 0) is 16.6 Å². The molecule has 0 atom stereocenters. The Morgan fingerprint density at radius 3 is 2.31 bits per heavy atom. The quantitative estimate of drug-likeness (QED) is 0.501. The molecule has 2 aliphatic heterocycles. The first-order chi connectivity index (χ1) is 17.4. The number of hydrogen-bond donors (Lipinski definition) is 0. The van der Waals surface area contributed by atoms with Gasteiger partial charge >= 0.3 is 0 Å². The summed E-state index contributed by atoms with van der Waals surface area (Å²) in [5.74, 6) is 0.543. The summed E-state index contributed by atoms with van der Waals surface area (Å²) in [6, 6.07) is 7.82. The van der Waals surface area contributed by atoms with Crippen LogP contribution in [0.2, 0.25) is 0 Å². The third kappa shape index (κ3) is 5.52. The lowest BCUT2D eigenvalue weighted by Gasteiger charge is -2.36. The number of carbonyl (C=O) groups excluding carboxylic acids is 1. The van der Waals surface area contributed by atoms with E-state index in [-0.39, 0.29) is 16.5 Å². The highest BCUT2D eigenvalue weighted by atomic mass is 32.2. The van der Waals surface area contributed by atoms with E-state index in [2.05, 4.69) is 21.8 Å². The molecule has 1 amide bonds. The van der Waals surface area contributed by atoms with Gasteiger partial charge < -0.3 is 19.4 Å². The first kappa shape index (κ1) is 26.4. The van der Waals surface area contributed by atoms with Crippen molar-refractivity contribution >= 4 is 21.6 Å². The summed E-state index contributed by atoms with van der Waals surface area (Å²) in [6.07, 6.45) is 2.40. The largest absolute Gasteiger partial charge is 0.492 e. The summed E-state index contributed by atoms with van der Waals surface area (Å²) >= 11 is 0. The Bertz CT molecular complexity index is 1140. The molecule has 198 valence electrons. The molecule has 2 saturated heterocycles. The van der Waals surface area contributed by atoms with E-state index in [9.17, 15) is 13.2 Å². The molecule has 0 saturated carbocycles. The normalized spacial score (nSPS) is 18.0. The maximum absolute atomic E-state index is 13.8. The molecule has 2 aliphatic rings. The fourth-order valence-corrected chi connectivity index (χ4v) is 6.32. The van der Waals surface area contributed by atoms with Crippen LogP contribution in [0.1, 0.15) is 37.6 Å². The zero-order chi connectivity index (χ0) is 25.7. The Balaban J connectivity index is 1.53. The number of para-hydroxylation sites is 2. The van der Waals surface area contributed by atoms with Crippen molar-refractivity contribution in [3.8, 4) is 5.75 Å². The van der Waals surface area contributed by atoms with E-state index in [0.29, 0.717) is 52.4 Å². The Kier molecular flexibility index (Phi) is 8.53. The van der Waals surface area contributed by atoms with E-state index >= 15 is 0 Å². The second-order valence-corrected chi connectivity index (χ2v) is 11.0. The van der Waals surface area contributed by atoms with Crippen LogP contribution in [0.4, 0.5) is 5.69 Å². The van der Waals surface area contributed by atoms with Gasteiger partial charge in [-0.3, -0.25) is 9.48 Å². The van der Waals surface area contributed by atoms with Crippen molar-refractivity contribution in [2.75, 3.05) is 70.4 Å². The SMILES string of the molecule is CCCn1cc(C(=O)N2CCN(CC)CC2)c(S(=O)(=O)N2CCN(c3ccccc3OCC)CC2)n1. The van der Waals surface area contributed by atoms with Crippen molar-refractivity contribution in [1.82, 2.24) is 23.9 Å². The number of ether oxygens (including phenoxy) is 1. The van der Waals surface area contributed by atoms with Crippen LogP contribution in [0.25, 0.3) is 0 Å². The van der Waals surface area contributed by atoms with Crippen LogP contribution in [0.5, 0.6) is 5.75 Å². The number of likely N-dealkylation sites (N-methyl/N-ethyl adjacent to an activating group) is 1. The van der Waals surface area contributed by atoms with Crippen molar-refractivity contribution in [3.63, 3.8) is 0 Å². The number of carbonyl (C=O) groups is 1. The van der Waals surface area contributed by atoms with E-state index in [1.165, 1.54) is 4.31 Å². The zero-order valence-corrected chi connectivity index (χ0v) is 22.4. The molecule has 1 aromatic carbocycles. The Morgan fingerprint density at radius 1 is 0.972 bits per heavy atom. The molecule has 2 fully saturated rings. The van der Waals surface area contributed by atoms with E-state index in [0.717, 1.165) is 37.5 Å². The highest BCUT2D eigenvalue weighted by Gasteiger charge is 2.36. The summed E-state index contributed by atoms with van der Waals surface area (Å²) < 4.78 is 36.3. The van der Waals surface area contributed by atoms with Crippen molar-refractivity contribution in [2.24, 2.45) is 0 Å². The van der Waals surface area contributed by atoms with Crippen LogP contribution in [0.3, 0.4) is 0 Å². The minimum Gasteiger partial charge on any atom is -0.492 e. The monoisotopic (exact) mass is 518 g/mol. The van der Waals surface area contributed by atoms with E-state index in [1.54, 1.807) is 15.8 Å². The number of sulfonamides is 1. The van der Waals surface area contributed by atoms with Gasteiger partial charge in [-0.25, -0.2) is 8.42 Å².